The maximum Gasteiger partial charge on any atom is 0.316 e. The van der Waals surface area contributed by atoms with E-state index in [0.717, 1.165) is 0 Å². The summed E-state index contributed by atoms with van der Waals surface area (Å²) in [5, 5.41) is 5.64. The van der Waals surface area contributed by atoms with Crippen molar-refractivity contribution in [2.75, 3.05) is 45.3 Å². The van der Waals surface area contributed by atoms with Crippen LogP contribution in [0.1, 0.15) is 0 Å². The van der Waals surface area contributed by atoms with Gasteiger partial charge in [0.05, 0.1) is 5.69 Å². The first-order chi connectivity index (χ1) is 9.77. The number of carbonyl (C=O) groups excluding carboxylic acids is 1. The zero-order valence-corrected chi connectivity index (χ0v) is 13.1. The summed E-state index contributed by atoms with van der Waals surface area (Å²) in [6.45, 7) is 0.746. The van der Waals surface area contributed by atoms with Gasteiger partial charge < -0.3 is 21.3 Å². The number of sulfonamides is 1. The molecule has 1 aromatic rings. The van der Waals surface area contributed by atoms with Crippen LogP contribution in [0.2, 0.25) is 0 Å². The van der Waals surface area contributed by atoms with Gasteiger partial charge in [0.15, 0.2) is 0 Å². The van der Waals surface area contributed by atoms with E-state index in [-0.39, 0.29) is 10.9 Å². The van der Waals surface area contributed by atoms with E-state index in [1.54, 1.807) is 26.2 Å². The summed E-state index contributed by atoms with van der Waals surface area (Å²) in [6.07, 6.45) is 0. The number of nitrogens with two attached hydrogens (primary N) is 1. The van der Waals surface area contributed by atoms with Crippen LogP contribution in [0.15, 0.2) is 23.1 Å². The highest BCUT2D eigenvalue weighted by atomic mass is 32.2. The lowest BCUT2D eigenvalue weighted by atomic mass is 10.3. The summed E-state index contributed by atoms with van der Waals surface area (Å²) >= 11 is 0. The number of nitrogens with one attached hydrogen (secondary N) is 3. The third kappa shape index (κ3) is 4.80. The van der Waals surface area contributed by atoms with Crippen LogP contribution >= 0.6 is 0 Å². The van der Waals surface area contributed by atoms with Crippen LogP contribution in [-0.2, 0) is 10.0 Å². The zero-order valence-electron chi connectivity index (χ0n) is 12.3. The van der Waals surface area contributed by atoms with Crippen LogP contribution < -0.4 is 21.1 Å². The minimum Gasteiger partial charge on any atom is -0.399 e. The van der Waals surface area contributed by atoms with Crippen molar-refractivity contribution in [2.45, 2.75) is 4.90 Å². The molecule has 1 aromatic carbocycles. The second kappa shape index (κ2) is 7.14. The van der Waals surface area contributed by atoms with E-state index < -0.39 is 10.0 Å². The molecule has 0 unspecified atom stereocenters. The van der Waals surface area contributed by atoms with Crippen LogP contribution in [0.5, 0.6) is 0 Å². The summed E-state index contributed by atoms with van der Waals surface area (Å²) in [7, 11) is 1.01. The third-order valence-corrected chi connectivity index (χ3v) is 4.14. The summed E-state index contributed by atoms with van der Waals surface area (Å²) in [6, 6.07) is 4.37. The average molecular weight is 315 g/mol. The Morgan fingerprint density at radius 1 is 1.29 bits per heavy atom. The first-order valence-electron chi connectivity index (χ1n) is 6.30. The molecule has 0 aromatic heterocycles. The van der Waals surface area contributed by atoms with Gasteiger partial charge in [-0.05, 0) is 25.2 Å². The molecule has 2 amide bonds. The SMILES string of the molecule is CNS(=O)(=O)c1cc(N)ccc1NCCNC(=O)N(C)C. The number of benzene rings is 1. The molecule has 0 atom stereocenters. The van der Waals surface area contributed by atoms with Gasteiger partial charge in [-0.1, -0.05) is 0 Å². The third-order valence-electron chi connectivity index (χ3n) is 2.69. The first-order valence-corrected chi connectivity index (χ1v) is 7.78. The Morgan fingerprint density at radius 2 is 1.95 bits per heavy atom. The number of anilines is 2. The molecule has 0 aliphatic rings. The molecule has 21 heavy (non-hydrogen) atoms. The fourth-order valence-electron chi connectivity index (χ4n) is 1.54. The van der Waals surface area contributed by atoms with E-state index >= 15 is 0 Å². The second-order valence-electron chi connectivity index (χ2n) is 4.52. The van der Waals surface area contributed by atoms with E-state index in [0.29, 0.717) is 24.5 Å². The predicted octanol–water partition coefficient (Wildman–Crippen LogP) is -0.140. The quantitative estimate of drug-likeness (QED) is 0.431. The van der Waals surface area contributed by atoms with Gasteiger partial charge in [0.2, 0.25) is 10.0 Å². The molecule has 0 saturated carbocycles. The molecule has 9 heteroatoms. The Kier molecular flexibility index (Phi) is 5.79. The van der Waals surface area contributed by atoms with E-state index in [1.807, 2.05) is 0 Å². The van der Waals surface area contributed by atoms with Crippen molar-refractivity contribution in [3.8, 4) is 0 Å². The van der Waals surface area contributed by atoms with Crippen LogP contribution in [-0.4, -0.2) is 53.6 Å². The lowest BCUT2D eigenvalue weighted by molar-refractivity contribution is 0.218. The Hall–Kier alpha value is -2.00. The molecule has 0 aliphatic carbocycles. The van der Waals surface area contributed by atoms with Gasteiger partial charge >= 0.3 is 6.03 Å². The summed E-state index contributed by atoms with van der Waals surface area (Å²) in [4.78, 5) is 12.8. The first kappa shape index (κ1) is 17.1. The fraction of sp³-hybridized carbons (Fsp3) is 0.417. The van der Waals surface area contributed by atoms with Crippen molar-refractivity contribution in [3.05, 3.63) is 18.2 Å². The molecule has 0 radical (unpaired) electrons. The van der Waals surface area contributed by atoms with Gasteiger partial charge in [-0.15, -0.1) is 0 Å². The van der Waals surface area contributed by atoms with E-state index in [1.165, 1.54) is 18.0 Å². The molecule has 0 saturated heterocycles. The number of nitrogens with zero attached hydrogens (tertiary/aromatic N) is 1. The van der Waals surface area contributed by atoms with Gasteiger partial charge in [0.1, 0.15) is 4.90 Å². The van der Waals surface area contributed by atoms with Gasteiger partial charge in [-0.2, -0.15) is 0 Å². The Labute approximate surface area is 124 Å². The summed E-state index contributed by atoms with van der Waals surface area (Å²) < 4.78 is 26.1. The fourth-order valence-corrected chi connectivity index (χ4v) is 2.48. The van der Waals surface area contributed by atoms with Crippen LogP contribution in [0.4, 0.5) is 16.2 Å². The number of rotatable bonds is 6. The van der Waals surface area contributed by atoms with Crippen LogP contribution in [0.25, 0.3) is 0 Å². The van der Waals surface area contributed by atoms with Gasteiger partial charge in [0, 0.05) is 32.9 Å². The number of urea groups is 1. The molecule has 0 bridgehead atoms. The number of hydrogen-bond donors (Lipinski definition) is 4. The largest absolute Gasteiger partial charge is 0.399 e. The zero-order chi connectivity index (χ0) is 16.0. The van der Waals surface area contributed by atoms with Crippen LogP contribution in [0, 0.1) is 0 Å². The predicted molar refractivity (Wildman–Crippen MR) is 82.7 cm³/mol. The molecule has 5 N–H and O–H groups in total. The number of carbonyl (C=O) groups is 1. The van der Waals surface area contributed by atoms with Crippen molar-refractivity contribution in [1.29, 1.82) is 0 Å². The molecular weight excluding hydrogens is 294 g/mol. The van der Waals surface area contributed by atoms with Gasteiger partial charge in [0.25, 0.3) is 0 Å². The van der Waals surface area contributed by atoms with Crippen molar-refractivity contribution in [2.24, 2.45) is 0 Å². The highest BCUT2D eigenvalue weighted by molar-refractivity contribution is 7.89. The number of amides is 2. The molecule has 0 aliphatic heterocycles. The molecular formula is C12H21N5O3S. The highest BCUT2D eigenvalue weighted by Crippen LogP contribution is 2.23. The molecule has 0 heterocycles. The Morgan fingerprint density at radius 3 is 2.52 bits per heavy atom. The molecule has 0 spiro atoms. The lowest BCUT2D eigenvalue weighted by Crippen LogP contribution is -2.37. The Balaban J connectivity index is 2.74. The summed E-state index contributed by atoms with van der Waals surface area (Å²) in [5.41, 5.74) is 6.41. The molecule has 1 rings (SSSR count). The van der Waals surface area contributed by atoms with E-state index in [4.69, 9.17) is 5.73 Å². The average Bonchev–Trinajstić information content (AvgIpc) is 2.44. The normalized spacial score (nSPS) is 11.0. The number of hydrogen-bond acceptors (Lipinski definition) is 5. The minimum absolute atomic E-state index is 0.0731. The smallest absolute Gasteiger partial charge is 0.316 e. The Bertz CT molecular complexity index is 601. The van der Waals surface area contributed by atoms with Crippen molar-refractivity contribution < 1.29 is 13.2 Å². The minimum atomic E-state index is -3.61. The molecule has 118 valence electrons. The van der Waals surface area contributed by atoms with E-state index in [9.17, 15) is 13.2 Å². The number of nitrogen functional groups attached to an aromatic ring is 1. The highest BCUT2D eigenvalue weighted by Gasteiger charge is 2.16. The molecule has 8 nitrogen and oxygen atoms in total. The van der Waals surface area contributed by atoms with Gasteiger partial charge in [-0.25, -0.2) is 17.9 Å². The lowest BCUT2D eigenvalue weighted by Gasteiger charge is -2.15. The van der Waals surface area contributed by atoms with Crippen molar-refractivity contribution in [1.82, 2.24) is 14.9 Å². The maximum absolute atomic E-state index is 11.9. The van der Waals surface area contributed by atoms with Gasteiger partial charge in [-0.3, -0.25) is 0 Å². The second-order valence-corrected chi connectivity index (χ2v) is 6.37. The van der Waals surface area contributed by atoms with E-state index in [2.05, 4.69) is 15.4 Å². The monoisotopic (exact) mass is 315 g/mol. The van der Waals surface area contributed by atoms with Crippen LogP contribution in [0.3, 0.4) is 0 Å². The topological polar surface area (TPSA) is 117 Å². The molecule has 0 fully saturated rings. The van der Waals surface area contributed by atoms with Crippen molar-refractivity contribution >= 4 is 27.4 Å². The maximum atomic E-state index is 11.9. The standard InChI is InChI=1S/C12H21N5O3S/c1-14-21(19,20)11-8-9(13)4-5-10(11)15-6-7-16-12(18)17(2)3/h4-5,8,14-15H,6-7,13H2,1-3H3,(H,16,18). The summed E-state index contributed by atoms with van der Waals surface area (Å²) in [5.74, 6) is 0. The van der Waals surface area contributed by atoms with Crippen molar-refractivity contribution in [3.63, 3.8) is 0 Å².